The Labute approximate surface area is 67.2 Å². The lowest BCUT2D eigenvalue weighted by molar-refractivity contribution is 0.390. The van der Waals surface area contributed by atoms with Gasteiger partial charge >= 0.3 is 0 Å². The number of rotatable bonds is 0. The van der Waals surface area contributed by atoms with Crippen molar-refractivity contribution in [3.8, 4) is 0 Å². The molecule has 0 saturated heterocycles. The second-order valence-corrected chi connectivity index (χ2v) is 3.60. The van der Waals surface area contributed by atoms with Crippen LogP contribution >= 0.6 is 0 Å². The molecule has 2 nitrogen and oxygen atoms in total. The van der Waals surface area contributed by atoms with Gasteiger partial charge in [0.2, 0.25) is 0 Å². The van der Waals surface area contributed by atoms with E-state index >= 15 is 0 Å². The first-order chi connectivity index (χ1) is 5.27. The Morgan fingerprint density at radius 1 is 1.64 bits per heavy atom. The van der Waals surface area contributed by atoms with E-state index in [-0.39, 0.29) is 0 Å². The Bertz CT molecular complexity index is 263. The van der Waals surface area contributed by atoms with Crippen LogP contribution in [0.2, 0.25) is 0 Å². The number of hydrogen-bond donors (Lipinski definition) is 0. The first kappa shape index (κ1) is 6.89. The summed E-state index contributed by atoms with van der Waals surface area (Å²) >= 11 is 0. The van der Waals surface area contributed by atoms with E-state index in [0.717, 1.165) is 12.5 Å². The number of aryl methyl sites for hydroxylation is 2. The van der Waals surface area contributed by atoms with Crippen molar-refractivity contribution in [1.29, 1.82) is 0 Å². The molecule has 1 aromatic heterocycles. The molecule has 1 aromatic rings. The largest absolute Gasteiger partial charge is 0.269 e. The molecular weight excluding hydrogens is 136 g/mol. The third-order valence-electron chi connectivity index (χ3n) is 2.53. The second-order valence-electron chi connectivity index (χ2n) is 3.60. The van der Waals surface area contributed by atoms with Gasteiger partial charge in [-0.3, -0.25) is 4.68 Å². The molecule has 0 N–H and O–H groups in total. The predicted octanol–water partition coefficient (Wildman–Crippen LogP) is 1.77. The van der Waals surface area contributed by atoms with Crippen molar-refractivity contribution in [3.63, 3.8) is 0 Å². The maximum absolute atomic E-state index is 4.31. The van der Waals surface area contributed by atoms with Crippen molar-refractivity contribution in [2.45, 2.75) is 33.2 Å². The lowest BCUT2D eigenvalue weighted by Gasteiger charge is -2.20. The molecule has 0 radical (unpaired) electrons. The monoisotopic (exact) mass is 150 g/mol. The molecule has 0 bridgehead atoms. The molecule has 0 aliphatic carbocycles. The smallest absolute Gasteiger partial charge is 0.0521 e. The highest BCUT2D eigenvalue weighted by atomic mass is 15.3. The minimum atomic E-state index is 0.845. The highest BCUT2D eigenvalue weighted by Crippen LogP contribution is 2.21. The van der Waals surface area contributed by atoms with Crippen LogP contribution in [0.4, 0.5) is 0 Å². The Balaban J connectivity index is 2.37. The van der Waals surface area contributed by atoms with E-state index in [1.54, 1.807) is 0 Å². The minimum Gasteiger partial charge on any atom is -0.269 e. The zero-order valence-electron chi connectivity index (χ0n) is 7.17. The van der Waals surface area contributed by atoms with E-state index in [4.69, 9.17) is 0 Å². The van der Waals surface area contributed by atoms with Crippen LogP contribution < -0.4 is 0 Å². The molecule has 2 heteroatoms. The summed E-state index contributed by atoms with van der Waals surface area (Å²) in [6.07, 6.45) is 4.48. The van der Waals surface area contributed by atoms with Gasteiger partial charge in [-0.25, -0.2) is 0 Å². The van der Waals surface area contributed by atoms with Crippen LogP contribution in [0.15, 0.2) is 6.20 Å². The molecule has 60 valence electrons. The van der Waals surface area contributed by atoms with Crippen LogP contribution in [0.5, 0.6) is 0 Å². The van der Waals surface area contributed by atoms with Crippen LogP contribution in [0.25, 0.3) is 0 Å². The van der Waals surface area contributed by atoms with Crippen molar-refractivity contribution in [1.82, 2.24) is 9.78 Å². The predicted molar refractivity (Wildman–Crippen MR) is 44.4 cm³/mol. The van der Waals surface area contributed by atoms with E-state index in [1.165, 1.54) is 24.1 Å². The van der Waals surface area contributed by atoms with Gasteiger partial charge in [-0.1, -0.05) is 6.92 Å². The van der Waals surface area contributed by atoms with E-state index in [2.05, 4.69) is 23.6 Å². The Morgan fingerprint density at radius 2 is 2.45 bits per heavy atom. The molecule has 0 spiro atoms. The number of nitrogens with zero attached hydrogens (tertiary/aromatic N) is 2. The Hall–Kier alpha value is -0.790. The fraction of sp³-hybridized carbons (Fsp3) is 0.667. The highest BCUT2D eigenvalue weighted by Gasteiger charge is 2.16. The van der Waals surface area contributed by atoms with Gasteiger partial charge in [0.25, 0.3) is 0 Å². The Morgan fingerprint density at radius 3 is 3.27 bits per heavy atom. The van der Waals surface area contributed by atoms with Gasteiger partial charge in [-0.2, -0.15) is 5.10 Å². The molecular formula is C9H14N2. The van der Waals surface area contributed by atoms with Gasteiger partial charge in [0, 0.05) is 12.2 Å². The lowest BCUT2D eigenvalue weighted by atomic mass is 9.97. The van der Waals surface area contributed by atoms with Crippen LogP contribution in [-0.4, -0.2) is 9.78 Å². The minimum absolute atomic E-state index is 0.845. The average Bonchev–Trinajstić information content (AvgIpc) is 2.33. The van der Waals surface area contributed by atoms with E-state index in [9.17, 15) is 0 Å². The lowest BCUT2D eigenvalue weighted by Crippen LogP contribution is -2.18. The topological polar surface area (TPSA) is 17.8 Å². The fourth-order valence-corrected chi connectivity index (χ4v) is 1.74. The normalized spacial score (nSPS) is 23.3. The second kappa shape index (κ2) is 2.36. The average molecular weight is 150 g/mol. The molecule has 1 aliphatic heterocycles. The molecule has 0 fully saturated rings. The summed E-state index contributed by atoms with van der Waals surface area (Å²) in [7, 11) is 0. The maximum Gasteiger partial charge on any atom is 0.0521 e. The van der Waals surface area contributed by atoms with Crippen molar-refractivity contribution >= 4 is 0 Å². The summed E-state index contributed by atoms with van der Waals surface area (Å²) in [6.45, 7) is 5.58. The molecule has 0 unspecified atom stereocenters. The third-order valence-corrected chi connectivity index (χ3v) is 2.53. The number of aromatic nitrogens is 2. The van der Waals surface area contributed by atoms with Crippen molar-refractivity contribution in [2.24, 2.45) is 5.92 Å². The summed E-state index contributed by atoms with van der Waals surface area (Å²) in [5.74, 6) is 0.845. The summed E-state index contributed by atoms with van der Waals surface area (Å²) in [5.41, 5.74) is 2.81. The summed E-state index contributed by atoms with van der Waals surface area (Å²) in [6, 6.07) is 0. The van der Waals surface area contributed by atoms with Crippen LogP contribution in [0, 0.1) is 12.8 Å². The Kier molecular flexibility index (Phi) is 1.48. The third kappa shape index (κ3) is 1.06. The van der Waals surface area contributed by atoms with Crippen molar-refractivity contribution in [2.75, 3.05) is 0 Å². The van der Waals surface area contributed by atoms with Gasteiger partial charge in [0.15, 0.2) is 0 Å². The molecule has 1 aliphatic rings. The zero-order chi connectivity index (χ0) is 7.84. The SMILES string of the molecule is Cc1cnn2c1C[C@@H](C)CC2. The fourth-order valence-electron chi connectivity index (χ4n) is 1.74. The maximum atomic E-state index is 4.31. The van der Waals surface area contributed by atoms with Gasteiger partial charge < -0.3 is 0 Å². The zero-order valence-corrected chi connectivity index (χ0v) is 7.17. The molecule has 1 atom stereocenters. The van der Waals surface area contributed by atoms with Crippen molar-refractivity contribution < 1.29 is 0 Å². The van der Waals surface area contributed by atoms with Crippen LogP contribution in [0.1, 0.15) is 24.6 Å². The number of fused-ring (bicyclic) bond motifs is 1. The van der Waals surface area contributed by atoms with E-state index < -0.39 is 0 Å². The van der Waals surface area contributed by atoms with Gasteiger partial charge in [-0.15, -0.1) is 0 Å². The van der Waals surface area contributed by atoms with E-state index in [1.807, 2.05) is 6.20 Å². The molecule has 0 amide bonds. The first-order valence-corrected chi connectivity index (χ1v) is 4.28. The number of hydrogen-bond acceptors (Lipinski definition) is 1. The quantitative estimate of drug-likeness (QED) is 0.551. The molecule has 0 saturated carbocycles. The molecule has 11 heavy (non-hydrogen) atoms. The van der Waals surface area contributed by atoms with Gasteiger partial charge in [0.05, 0.1) is 6.20 Å². The highest BCUT2D eigenvalue weighted by molar-refractivity contribution is 5.17. The first-order valence-electron chi connectivity index (χ1n) is 4.28. The van der Waals surface area contributed by atoms with Crippen LogP contribution in [0.3, 0.4) is 0 Å². The molecule has 2 rings (SSSR count). The summed E-state index contributed by atoms with van der Waals surface area (Å²) < 4.78 is 2.15. The van der Waals surface area contributed by atoms with Gasteiger partial charge in [-0.05, 0) is 31.2 Å². The molecule has 2 heterocycles. The van der Waals surface area contributed by atoms with Crippen molar-refractivity contribution in [3.05, 3.63) is 17.5 Å². The molecule has 0 aromatic carbocycles. The summed E-state index contributed by atoms with van der Waals surface area (Å²) in [5, 5.41) is 4.31. The summed E-state index contributed by atoms with van der Waals surface area (Å²) in [4.78, 5) is 0. The van der Waals surface area contributed by atoms with E-state index in [0.29, 0.717) is 0 Å². The van der Waals surface area contributed by atoms with Crippen LogP contribution in [-0.2, 0) is 13.0 Å². The standard InChI is InChI=1S/C9H14N2/c1-7-3-4-11-9(5-7)8(2)6-10-11/h6-7H,3-5H2,1-2H3/t7-/m0/s1. The van der Waals surface area contributed by atoms with Gasteiger partial charge in [0.1, 0.15) is 0 Å².